The number of hydrogen-bond donors (Lipinski definition) is 1. The van der Waals surface area contributed by atoms with E-state index in [0.717, 1.165) is 12.8 Å². The summed E-state index contributed by atoms with van der Waals surface area (Å²) < 4.78 is 36.7. The zero-order valence-electron chi connectivity index (χ0n) is 25.9. The average molecular weight is 595 g/mol. The summed E-state index contributed by atoms with van der Waals surface area (Å²) in [5, 5.41) is 2.15. The van der Waals surface area contributed by atoms with Crippen molar-refractivity contribution in [1.82, 2.24) is 15.1 Å². The molecule has 0 aliphatic carbocycles. The molecule has 0 saturated carbocycles. The molecular weight excluding hydrogens is 550 g/mol. The van der Waals surface area contributed by atoms with Crippen molar-refractivity contribution in [1.29, 1.82) is 0 Å². The lowest BCUT2D eigenvalue weighted by Crippen LogP contribution is -2.55. The summed E-state index contributed by atoms with van der Waals surface area (Å²) >= 11 is 0. The van der Waals surface area contributed by atoms with Crippen molar-refractivity contribution in [2.24, 2.45) is 0 Å². The van der Waals surface area contributed by atoms with Crippen molar-refractivity contribution in [2.75, 3.05) is 31.1 Å². The Hall–Kier alpha value is -3.44. The summed E-state index contributed by atoms with van der Waals surface area (Å²) in [6.07, 6.45) is -1.86. The number of rotatable bonds is 8. The van der Waals surface area contributed by atoms with Gasteiger partial charge in [0.15, 0.2) is 5.60 Å². The first-order valence-electron chi connectivity index (χ1n) is 14.4. The standard InChI is InChI=1S/C30H44F2N4O6/c1-18(2)36(20-11-9-13-34(17-20)28(40)42-29(4,5)6)26(38)21-16-22-23(15-19(21)3)41-30(7,8)27(39)35(22)14-10-12-33-25(37)24(31)32/h15-16,18,20,24H,9-14,17H2,1-8H3,(H,33,37)/t20-/m1/s1. The van der Waals surface area contributed by atoms with Crippen LogP contribution >= 0.6 is 0 Å². The Bertz CT molecular complexity index is 1200. The molecule has 1 aromatic carbocycles. The number of fused-ring (bicyclic) bond motifs is 1. The molecule has 234 valence electrons. The second-order valence-corrected chi connectivity index (χ2v) is 12.7. The molecule has 1 aromatic rings. The minimum absolute atomic E-state index is 0.0435. The third-order valence-corrected chi connectivity index (χ3v) is 7.24. The highest BCUT2D eigenvalue weighted by molar-refractivity contribution is 6.05. The Kier molecular flexibility index (Phi) is 10.1. The lowest BCUT2D eigenvalue weighted by Gasteiger charge is -2.42. The predicted molar refractivity (Wildman–Crippen MR) is 154 cm³/mol. The van der Waals surface area contributed by atoms with Crippen LogP contribution in [0.15, 0.2) is 12.1 Å². The molecule has 0 radical (unpaired) electrons. The topological polar surface area (TPSA) is 108 Å². The van der Waals surface area contributed by atoms with E-state index in [2.05, 4.69) is 5.32 Å². The quantitative estimate of drug-likeness (QED) is 0.444. The molecule has 1 N–H and O–H groups in total. The number of nitrogens with one attached hydrogen (secondary N) is 1. The first-order chi connectivity index (χ1) is 19.4. The van der Waals surface area contributed by atoms with E-state index >= 15 is 0 Å². The Morgan fingerprint density at radius 2 is 1.88 bits per heavy atom. The highest BCUT2D eigenvalue weighted by Gasteiger charge is 2.42. The second kappa shape index (κ2) is 12.8. The molecule has 1 atom stereocenters. The number of alkyl halides is 2. The third kappa shape index (κ3) is 7.69. The average Bonchev–Trinajstić information content (AvgIpc) is 2.87. The summed E-state index contributed by atoms with van der Waals surface area (Å²) in [4.78, 5) is 56.4. The number of nitrogens with zero attached hydrogens (tertiary/aromatic N) is 3. The second-order valence-electron chi connectivity index (χ2n) is 12.7. The maximum atomic E-state index is 14.1. The number of carbonyl (C=O) groups excluding carboxylic acids is 4. The van der Waals surface area contributed by atoms with E-state index in [9.17, 15) is 28.0 Å². The van der Waals surface area contributed by atoms with Crippen molar-refractivity contribution in [3.63, 3.8) is 0 Å². The summed E-state index contributed by atoms with van der Waals surface area (Å²) in [7, 11) is 0. The number of likely N-dealkylation sites (tertiary alicyclic amines) is 1. The number of aryl methyl sites for hydroxylation is 1. The zero-order valence-corrected chi connectivity index (χ0v) is 25.9. The van der Waals surface area contributed by atoms with Crippen LogP contribution in [0, 0.1) is 6.92 Å². The molecule has 10 nitrogen and oxygen atoms in total. The molecule has 3 rings (SSSR count). The number of benzene rings is 1. The van der Waals surface area contributed by atoms with Gasteiger partial charge in [-0.2, -0.15) is 8.78 Å². The van der Waals surface area contributed by atoms with Crippen LogP contribution < -0.4 is 15.0 Å². The van der Waals surface area contributed by atoms with Gasteiger partial charge in [-0.15, -0.1) is 0 Å². The van der Waals surface area contributed by atoms with E-state index < -0.39 is 29.6 Å². The van der Waals surface area contributed by atoms with Gasteiger partial charge in [0.25, 0.3) is 17.7 Å². The summed E-state index contributed by atoms with van der Waals surface area (Å²) in [5.74, 6) is -1.52. The van der Waals surface area contributed by atoms with Crippen LogP contribution in [0.25, 0.3) is 0 Å². The predicted octanol–water partition coefficient (Wildman–Crippen LogP) is 4.52. The first kappa shape index (κ1) is 33.1. The Balaban J connectivity index is 1.89. The van der Waals surface area contributed by atoms with Crippen LogP contribution in [0.4, 0.5) is 19.3 Å². The fraction of sp³-hybridized carbons (Fsp3) is 0.667. The van der Waals surface area contributed by atoms with Gasteiger partial charge < -0.3 is 29.5 Å². The van der Waals surface area contributed by atoms with Gasteiger partial charge >= 0.3 is 12.5 Å². The van der Waals surface area contributed by atoms with Crippen LogP contribution in [0.5, 0.6) is 5.75 Å². The Labute approximate surface area is 246 Å². The summed E-state index contributed by atoms with van der Waals surface area (Å²) in [5.41, 5.74) is -0.362. The van der Waals surface area contributed by atoms with Crippen molar-refractivity contribution in [3.8, 4) is 5.75 Å². The number of halogens is 2. The van der Waals surface area contributed by atoms with Crippen LogP contribution in [0.1, 0.15) is 83.7 Å². The minimum atomic E-state index is -3.12. The summed E-state index contributed by atoms with van der Waals surface area (Å²) in [6, 6.07) is 2.96. The fourth-order valence-electron chi connectivity index (χ4n) is 5.33. The molecule has 12 heteroatoms. The Morgan fingerprint density at radius 3 is 2.48 bits per heavy atom. The van der Waals surface area contributed by atoms with E-state index in [1.54, 1.807) is 42.7 Å². The highest BCUT2D eigenvalue weighted by Crippen LogP contribution is 2.40. The van der Waals surface area contributed by atoms with Gasteiger partial charge in [-0.05, 0) is 92.3 Å². The van der Waals surface area contributed by atoms with Crippen LogP contribution in [0.2, 0.25) is 0 Å². The van der Waals surface area contributed by atoms with Gasteiger partial charge in [-0.1, -0.05) is 0 Å². The normalized spacial score (nSPS) is 18.5. The molecule has 2 heterocycles. The highest BCUT2D eigenvalue weighted by atomic mass is 19.3. The van der Waals surface area contributed by atoms with E-state index in [4.69, 9.17) is 9.47 Å². The SMILES string of the molecule is Cc1cc2c(cc1C(=O)N(C(C)C)[C@@H]1CCCN(C(=O)OC(C)(C)C)C1)N(CCCNC(=O)C(F)F)C(=O)C(C)(C)O2. The largest absolute Gasteiger partial charge is 0.476 e. The van der Waals surface area contributed by atoms with Crippen molar-refractivity contribution < 1.29 is 37.4 Å². The number of piperidine rings is 1. The molecule has 0 unspecified atom stereocenters. The molecule has 2 aliphatic heterocycles. The number of ether oxygens (including phenoxy) is 2. The van der Waals surface area contributed by atoms with E-state index in [1.165, 1.54) is 4.90 Å². The molecule has 0 bridgehead atoms. The lowest BCUT2D eigenvalue weighted by atomic mass is 9.97. The number of carbonyl (C=O) groups is 4. The first-order valence-corrected chi connectivity index (χ1v) is 14.4. The Morgan fingerprint density at radius 1 is 1.21 bits per heavy atom. The monoisotopic (exact) mass is 594 g/mol. The van der Waals surface area contributed by atoms with Crippen LogP contribution in [0.3, 0.4) is 0 Å². The van der Waals surface area contributed by atoms with Crippen molar-refractivity contribution in [3.05, 3.63) is 23.3 Å². The van der Waals surface area contributed by atoms with E-state index in [1.807, 2.05) is 34.6 Å². The van der Waals surface area contributed by atoms with Gasteiger partial charge in [0, 0.05) is 37.8 Å². The number of amides is 4. The smallest absolute Gasteiger partial charge is 0.410 e. The number of anilines is 1. The van der Waals surface area contributed by atoms with E-state index in [0.29, 0.717) is 35.7 Å². The molecule has 42 heavy (non-hydrogen) atoms. The molecule has 0 aromatic heterocycles. The molecule has 4 amide bonds. The van der Waals surface area contributed by atoms with Gasteiger partial charge in [-0.3, -0.25) is 14.4 Å². The van der Waals surface area contributed by atoms with Gasteiger partial charge in [0.05, 0.1) is 11.7 Å². The van der Waals surface area contributed by atoms with E-state index in [-0.39, 0.29) is 43.4 Å². The van der Waals surface area contributed by atoms with Gasteiger partial charge in [-0.25, -0.2) is 4.79 Å². The molecular formula is C30H44F2N4O6. The van der Waals surface area contributed by atoms with Crippen molar-refractivity contribution >= 4 is 29.5 Å². The maximum Gasteiger partial charge on any atom is 0.410 e. The molecule has 0 spiro atoms. The van der Waals surface area contributed by atoms with Gasteiger partial charge in [0.1, 0.15) is 11.4 Å². The molecule has 2 aliphatic rings. The summed E-state index contributed by atoms with van der Waals surface area (Å²) in [6.45, 7) is 15.3. The van der Waals surface area contributed by atoms with Crippen LogP contribution in [-0.4, -0.2) is 89.5 Å². The fourth-order valence-corrected chi connectivity index (χ4v) is 5.33. The van der Waals surface area contributed by atoms with Gasteiger partial charge in [0.2, 0.25) is 0 Å². The van der Waals surface area contributed by atoms with Crippen molar-refractivity contribution in [2.45, 2.75) is 104 Å². The van der Waals surface area contributed by atoms with Crippen LogP contribution in [-0.2, 0) is 14.3 Å². The lowest BCUT2D eigenvalue weighted by molar-refractivity contribution is -0.132. The number of hydrogen-bond acceptors (Lipinski definition) is 6. The zero-order chi connectivity index (χ0) is 31.6. The minimum Gasteiger partial charge on any atom is -0.476 e. The molecule has 1 fully saturated rings. The maximum absolute atomic E-state index is 14.1. The third-order valence-electron chi connectivity index (χ3n) is 7.24. The molecule has 1 saturated heterocycles.